The van der Waals surface area contributed by atoms with Crippen LogP contribution in [-0.4, -0.2) is 13.0 Å². The van der Waals surface area contributed by atoms with E-state index >= 15 is 0 Å². The molecule has 5 nitrogen and oxygen atoms in total. The Labute approximate surface area is 157 Å². The summed E-state index contributed by atoms with van der Waals surface area (Å²) in [6.45, 7) is 0.461. The van der Waals surface area contributed by atoms with E-state index in [9.17, 15) is 4.79 Å². The Morgan fingerprint density at radius 1 is 0.889 bits per heavy atom. The molecule has 0 unspecified atom stereocenters. The summed E-state index contributed by atoms with van der Waals surface area (Å²) in [6, 6.07) is 23.1. The van der Waals surface area contributed by atoms with Gasteiger partial charge in [0.05, 0.1) is 12.7 Å². The van der Waals surface area contributed by atoms with Crippen LogP contribution in [0, 0.1) is 0 Å². The molecule has 1 atom stereocenters. The summed E-state index contributed by atoms with van der Waals surface area (Å²) in [4.78, 5) is 12.3. The number of fused-ring (bicyclic) bond motifs is 1. The highest BCUT2D eigenvalue weighted by molar-refractivity contribution is 6.01. The maximum absolute atomic E-state index is 12.3. The van der Waals surface area contributed by atoms with Crippen molar-refractivity contribution in [2.24, 2.45) is 0 Å². The first-order valence-electron chi connectivity index (χ1n) is 8.75. The van der Waals surface area contributed by atoms with Gasteiger partial charge in [0.1, 0.15) is 12.8 Å². The molecule has 27 heavy (non-hydrogen) atoms. The summed E-state index contributed by atoms with van der Waals surface area (Å²) in [5, 5.41) is 6.32. The predicted molar refractivity (Wildman–Crippen MR) is 104 cm³/mol. The first-order chi connectivity index (χ1) is 13.2. The lowest BCUT2D eigenvalue weighted by Gasteiger charge is -2.28. The van der Waals surface area contributed by atoms with Crippen molar-refractivity contribution in [2.45, 2.75) is 12.8 Å². The van der Waals surface area contributed by atoms with Gasteiger partial charge in [0.15, 0.2) is 11.5 Å². The lowest BCUT2D eigenvalue weighted by molar-refractivity contribution is 0.0935. The molecule has 1 aliphatic heterocycles. The van der Waals surface area contributed by atoms with E-state index in [1.54, 1.807) is 13.2 Å². The summed E-state index contributed by atoms with van der Waals surface area (Å²) >= 11 is 0. The topological polar surface area (TPSA) is 59.6 Å². The zero-order chi connectivity index (χ0) is 18.6. The zero-order valence-corrected chi connectivity index (χ0v) is 14.9. The van der Waals surface area contributed by atoms with E-state index in [1.165, 1.54) is 0 Å². The summed E-state index contributed by atoms with van der Waals surface area (Å²) < 4.78 is 11.4. The fraction of sp³-hybridized carbons (Fsp3) is 0.136. The number of ether oxygens (including phenoxy) is 2. The molecule has 3 aromatic rings. The highest BCUT2D eigenvalue weighted by Gasteiger charge is 2.24. The normalized spacial score (nSPS) is 15.3. The van der Waals surface area contributed by atoms with Gasteiger partial charge in [-0.05, 0) is 35.4 Å². The van der Waals surface area contributed by atoms with Crippen LogP contribution in [0.25, 0.3) is 0 Å². The lowest BCUT2D eigenvalue weighted by Crippen LogP contribution is -2.38. The highest BCUT2D eigenvalue weighted by Crippen LogP contribution is 2.33. The molecule has 1 aliphatic rings. The lowest BCUT2D eigenvalue weighted by atomic mass is 10.1. The second kappa shape index (κ2) is 7.41. The summed E-state index contributed by atoms with van der Waals surface area (Å²) in [5.41, 5.74) is 3.43. The second-order valence-electron chi connectivity index (χ2n) is 6.28. The standard InChI is InChI=1S/C22H20N2O3/c1-26-20-13-16(11-12-19(20)27-14-15-7-3-2-4-8-15)21-23-18-10-6-5-9-17(18)22(25)24-21/h2-13,21,23H,14H2,1H3,(H,24,25)/t21-/m1/s1. The molecule has 1 heterocycles. The van der Waals surface area contributed by atoms with E-state index < -0.39 is 0 Å². The van der Waals surface area contributed by atoms with Crippen LogP contribution in [-0.2, 0) is 6.61 Å². The number of hydrogen-bond acceptors (Lipinski definition) is 4. The minimum absolute atomic E-state index is 0.0993. The molecule has 0 saturated carbocycles. The number of carbonyl (C=O) groups is 1. The fourth-order valence-electron chi connectivity index (χ4n) is 3.09. The molecule has 1 amide bonds. The molecule has 0 saturated heterocycles. The third kappa shape index (κ3) is 3.58. The van der Waals surface area contributed by atoms with Crippen LogP contribution in [0.1, 0.15) is 27.7 Å². The quantitative estimate of drug-likeness (QED) is 0.718. The molecule has 0 fully saturated rings. The second-order valence-corrected chi connectivity index (χ2v) is 6.28. The molecule has 0 bridgehead atoms. The molecule has 0 radical (unpaired) electrons. The number of carbonyl (C=O) groups excluding carboxylic acids is 1. The number of anilines is 1. The maximum atomic E-state index is 12.3. The Morgan fingerprint density at radius 3 is 2.48 bits per heavy atom. The third-order valence-corrected chi connectivity index (χ3v) is 4.51. The van der Waals surface area contributed by atoms with Crippen LogP contribution in [0.4, 0.5) is 5.69 Å². The van der Waals surface area contributed by atoms with Crippen LogP contribution < -0.4 is 20.1 Å². The highest BCUT2D eigenvalue weighted by atomic mass is 16.5. The number of methoxy groups -OCH3 is 1. The Balaban J connectivity index is 1.54. The summed E-state index contributed by atoms with van der Waals surface area (Å²) in [6.07, 6.45) is -0.329. The van der Waals surface area contributed by atoms with Crippen molar-refractivity contribution in [3.63, 3.8) is 0 Å². The smallest absolute Gasteiger partial charge is 0.255 e. The molecule has 2 N–H and O–H groups in total. The summed E-state index contributed by atoms with van der Waals surface area (Å²) in [7, 11) is 1.61. The average Bonchev–Trinajstić information content (AvgIpc) is 2.73. The molecule has 136 valence electrons. The minimum atomic E-state index is -0.329. The van der Waals surface area contributed by atoms with Crippen molar-refractivity contribution in [3.8, 4) is 11.5 Å². The molecule has 4 rings (SSSR count). The SMILES string of the molecule is COc1cc([C@H]2NC(=O)c3ccccc3N2)ccc1OCc1ccccc1. The van der Waals surface area contributed by atoms with E-state index in [0.29, 0.717) is 23.7 Å². The molecule has 0 spiro atoms. The molecular formula is C22H20N2O3. The number of amides is 1. The number of nitrogens with one attached hydrogen (secondary N) is 2. The van der Waals surface area contributed by atoms with Gasteiger partial charge < -0.3 is 20.1 Å². The van der Waals surface area contributed by atoms with Gasteiger partial charge in [-0.3, -0.25) is 4.79 Å². The Morgan fingerprint density at radius 2 is 1.67 bits per heavy atom. The number of rotatable bonds is 5. The van der Waals surface area contributed by atoms with Crippen molar-refractivity contribution < 1.29 is 14.3 Å². The van der Waals surface area contributed by atoms with Crippen molar-refractivity contribution in [3.05, 3.63) is 89.5 Å². The van der Waals surface area contributed by atoms with Gasteiger partial charge in [-0.25, -0.2) is 0 Å². The van der Waals surface area contributed by atoms with Gasteiger partial charge in [-0.2, -0.15) is 0 Å². The average molecular weight is 360 g/mol. The van der Waals surface area contributed by atoms with Crippen molar-refractivity contribution in [1.82, 2.24) is 5.32 Å². The Kier molecular flexibility index (Phi) is 4.66. The van der Waals surface area contributed by atoms with Gasteiger partial charge in [-0.1, -0.05) is 48.5 Å². The minimum Gasteiger partial charge on any atom is -0.493 e. The van der Waals surface area contributed by atoms with E-state index in [-0.39, 0.29) is 12.1 Å². The van der Waals surface area contributed by atoms with Crippen LogP contribution in [0.5, 0.6) is 11.5 Å². The largest absolute Gasteiger partial charge is 0.493 e. The van der Waals surface area contributed by atoms with Gasteiger partial charge in [0.2, 0.25) is 0 Å². The third-order valence-electron chi connectivity index (χ3n) is 4.51. The van der Waals surface area contributed by atoms with Gasteiger partial charge in [-0.15, -0.1) is 0 Å². The van der Waals surface area contributed by atoms with E-state index in [1.807, 2.05) is 66.7 Å². The van der Waals surface area contributed by atoms with Crippen molar-refractivity contribution in [1.29, 1.82) is 0 Å². The van der Waals surface area contributed by atoms with Crippen LogP contribution in [0.2, 0.25) is 0 Å². The van der Waals surface area contributed by atoms with Gasteiger partial charge in [0.25, 0.3) is 5.91 Å². The van der Waals surface area contributed by atoms with E-state index in [4.69, 9.17) is 9.47 Å². The van der Waals surface area contributed by atoms with E-state index in [0.717, 1.165) is 16.8 Å². The number of hydrogen-bond donors (Lipinski definition) is 2. The van der Waals surface area contributed by atoms with Gasteiger partial charge in [0, 0.05) is 5.69 Å². The predicted octanol–water partition coefficient (Wildman–Crippen LogP) is 4.13. The van der Waals surface area contributed by atoms with E-state index in [2.05, 4.69) is 10.6 Å². The number of para-hydroxylation sites is 1. The van der Waals surface area contributed by atoms with Crippen molar-refractivity contribution >= 4 is 11.6 Å². The maximum Gasteiger partial charge on any atom is 0.255 e. The Hall–Kier alpha value is -3.47. The fourth-order valence-corrected chi connectivity index (χ4v) is 3.09. The zero-order valence-electron chi connectivity index (χ0n) is 14.9. The molecular weight excluding hydrogens is 340 g/mol. The van der Waals surface area contributed by atoms with Gasteiger partial charge >= 0.3 is 0 Å². The molecule has 3 aromatic carbocycles. The Bertz CT molecular complexity index is 957. The first-order valence-corrected chi connectivity index (χ1v) is 8.75. The monoisotopic (exact) mass is 360 g/mol. The summed E-state index contributed by atoms with van der Waals surface area (Å²) in [5.74, 6) is 1.18. The van der Waals surface area contributed by atoms with Crippen molar-refractivity contribution in [2.75, 3.05) is 12.4 Å². The molecule has 0 aromatic heterocycles. The van der Waals surface area contributed by atoms with Crippen LogP contribution in [0.3, 0.4) is 0 Å². The molecule has 0 aliphatic carbocycles. The van der Waals surface area contributed by atoms with Crippen LogP contribution >= 0.6 is 0 Å². The molecule has 5 heteroatoms. The number of benzene rings is 3. The van der Waals surface area contributed by atoms with Crippen LogP contribution in [0.15, 0.2) is 72.8 Å². The first kappa shape index (κ1) is 17.0.